The zero-order valence-electron chi connectivity index (χ0n) is 38.8. The van der Waals surface area contributed by atoms with Crippen LogP contribution in [0.4, 0.5) is 28.6 Å². The number of thiazole rings is 2. The molecule has 6 heterocycles. The van der Waals surface area contributed by atoms with E-state index in [4.69, 9.17) is 13.2 Å². The molecule has 16 nitrogen and oxygen atoms in total. The third kappa shape index (κ3) is 13.2. The number of nitrogens with one attached hydrogen (secondary N) is 4. The molecule has 0 spiro atoms. The second-order valence-corrected chi connectivity index (χ2v) is 20.6. The van der Waals surface area contributed by atoms with Crippen LogP contribution >= 0.6 is 22.7 Å². The number of piperazine rings is 2. The Balaban J connectivity index is 0.000000206. The van der Waals surface area contributed by atoms with Gasteiger partial charge in [0.15, 0.2) is 0 Å². The van der Waals surface area contributed by atoms with E-state index in [-0.39, 0.29) is 43.6 Å². The number of urea groups is 2. The summed E-state index contributed by atoms with van der Waals surface area (Å²) >= 11 is 4.82. The number of pyridine rings is 2. The number of anilines is 2. The second kappa shape index (κ2) is 24.7. The van der Waals surface area contributed by atoms with Gasteiger partial charge in [0.05, 0.1) is 0 Å². The van der Waals surface area contributed by atoms with Gasteiger partial charge in [-0.2, -0.15) is 0 Å². The van der Waals surface area contributed by atoms with E-state index < -0.39 is 23.7 Å². The van der Waals surface area contributed by atoms with E-state index in [1.807, 2.05) is 50.2 Å². The van der Waals surface area contributed by atoms with E-state index in [2.05, 4.69) is 84.9 Å². The van der Waals surface area contributed by atoms with Gasteiger partial charge in [0.1, 0.15) is 0 Å². The molecule has 8 rings (SSSR count). The average molecular weight is 1320 g/mol. The van der Waals surface area contributed by atoms with Crippen molar-refractivity contribution in [2.45, 2.75) is 13.8 Å². The molecule has 22 heteroatoms. The summed E-state index contributed by atoms with van der Waals surface area (Å²) in [6.07, 6.45) is 6.36. The maximum atomic E-state index is 15.7. The molecule has 0 radical (unpaired) electrons. The van der Waals surface area contributed by atoms with Crippen LogP contribution in [0.1, 0.15) is 25.0 Å². The van der Waals surface area contributed by atoms with Crippen molar-refractivity contribution in [2.75, 3.05) is 90.2 Å². The number of rotatable bonds is 14. The van der Waals surface area contributed by atoms with Gasteiger partial charge in [-0.15, -0.1) is 0 Å². The number of amides is 4. The molecule has 70 heavy (non-hydrogen) atoms. The predicted octanol–water partition coefficient (Wildman–Crippen LogP) is 6.82. The maximum absolute atomic E-state index is 15.7. The third-order valence-electron chi connectivity index (χ3n) is 11.0. The van der Waals surface area contributed by atoms with E-state index in [0.717, 1.165) is 60.6 Å². The first-order valence-corrected chi connectivity index (χ1v) is 26.8. The molecule has 0 saturated carbocycles. The molecule has 4 aromatic heterocycles. The van der Waals surface area contributed by atoms with E-state index in [9.17, 15) is 9.59 Å². The van der Waals surface area contributed by atoms with Gasteiger partial charge in [0.25, 0.3) is 0 Å². The first-order chi connectivity index (χ1) is 33.7. The summed E-state index contributed by atoms with van der Waals surface area (Å²) < 4.78 is 34.3. The summed E-state index contributed by atoms with van der Waals surface area (Å²) in [4.78, 5) is 59.6. The Bertz CT molecular complexity index is 2770. The molecule has 2 fully saturated rings. The van der Waals surface area contributed by atoms with Crippen LogP contribution in [0.2, 0.25) is 0 Å². The minimum absolute atomic E-state index is 0.127. The summed E-state index contributed by atoms with van der Waals surface area (Å²) in [5.41, 5.74) is 3.70. The number of fused-ring (bicyclic) bond motifs is 2. The van der Waals surface area contributed by atoms with E-state index >= 15 is 8.78 Å². The molecule has 0 aliphatic carbocycles. The number of aromatic nitrogens is 4. The Morgan fingerprint density at radius 1 is 0.671 bits per heavy atom. The van der Waals surface area contributed by atoms with Gasteiger partial charge in [-0.3, -0.25) is 0 Å². The number of benzene rings is 2. The summed E-state index contributed by atoms with van der Waals surface area (Å²) in [6.45, 7) is 24.7. The van der Waals surface area contributed by atoms with E-state index in [0.29, 0.717) is 45.0 Å². The fraction of sp³-hybridized carbons (Fsp3) is 0.292. The van der Waals surface area contributed by atoms with Crippen LogP contribution in [0.3, 0.4) is 0 Å². The molecule has 2 aromatic carbocycles. The van der Waals surface area contributed by atoms with Crippen molar-refractivity contribution in [1.29, 1.82) is 0 Å². The molecule has 0 atom stereocenters. The number of allylic oxidation sites excluding steroid dienone is 2. The van der Waals surface area contributed by atoms with Gasteiger partial charge in [0.2, 0.25) is 0 Å². The Hall–Kier alpha value is -5.30. The fourth-order valence-corrected chi connectivity index (χ4v) is 10.9. The molecule has 0 unspecified atom stereocenters. The van der Waals surface area contributed by atoms with Crippen molar-refractivity contribution < 1.29 is 57.1 Å². The Morgan fingerprint density at radius 3 is 1.40 bits per heavy atom. The van der Waals surface area contributed by atoms with Crippen LogP contribution in [0, 0.1) is 24.8 Å². The summed E-state index contributed by atoms with van der Waals surface area (Å²) in [5, 5.41) is 11.2. The summed E-state index contributed by atoms with van der Waals surface area (Å²) in [6, 6.07) is 13.6. The monoisotopic (exact) mass is 1320 g/mol. The number of carbonyl (C=O) groups excluding carboxylic acids is 2. The first-order valence-electron chi connectivity index (χ1n) is 22.2. The van der Waals surface area contributed by atoms with Gasteiger partial charge in [-0.1, -0.05) is 0 Å². The minimum atomic E-state index is -0.562. The topological polar surface area (TPSA) is 172 Å². The van der Waals surface area contributed by atoms with E-state index in [1.54, 1.807) is 24.5 Å². The number of hydrogen-bond acceptors (Lipinski definition) is 14. The Labute approximate surface area is 434 Å². The number of hydrogen-bond donors (Lipinski definition) is 4. The number of aliphatic imine (C=N–C) groups is 2. The van der Waals surface area contributed by atoms with Crippen molar-refractivity contribution in [2.24, 2.45) is 9.98 Å². The molecule has 2 aliphatic rings. The Morgan fingerprint density at radius 2 is 1.06 bits per heavy atom. The second-order valence-electron chi connectivity index (χ2n) is 15.9. The van der Waals surface area contributed by atoms with Crippen molar-refractivity contribution in [3.05, 3.63) is 96.8 Å². The van der Waals surface area contributed by atoms with Crippen LogP contribution in [0.15, 0.2) is 70.9 Å². The number of carbonyl (C=O) groups is 2. The molecule has 2 aliphatic heterocycles. The van der Waals surface area contributed by atoms with E-state index in [1.165, 1.54) is 73.8 Å². The van der Waals surface area contributed by atoms with Crippen molar-refractivity contribution in [1.82, 2.24) is 50.2 Å². The molecule has 0 bridgehead atoms. The molecule has 6 aromatic rings. The first kappa shape index (κ1) is 52.5. The molecular formula is C48H50F2N14O2S2W2-2. The average Bonchev–Trinajstić information content (AvgIpc) is 3.99. The fourth-order valence-electron chi connectivity index (χ4n) is 7.21. The molecular weight excluding hydrogens is 1270 g/mol. The van der Waals surface area contributed by atoms with Gasteiger partial charge in [-0.25, -0.2) is 0 Å². The SMILES string of the molecule is [CH-]=C(C=N[C](=[W])N1CCN(C)CC1)c1cc(-c2ccccn2)c2sc(NC(=O)NCC)nc2c1F.[CH-]=C(C=N[C](=[W])N1CCN(C)CC1)c1cc(-c2ccccn2)c2sc(NC(=O)NCC)nc2c1F. The standard InChI is InChI=1S/2C24H25FN7OS.2W/c2*1-4-27-23(33)30-24-29-21-20(25)17(13-18(22(21)34-24)19-7-5-6-8-28-19)16(2)14-26-15-32-11-9-31(3)10-12-32;;/h2*2,5-8,13-14H,4,9-12H2,1,3H3,(H2,27,29,30,33);;/q2*-1;;. The van der Waals surface area contributed by atoms with Crippen molar-refractivity contribution in [3.8, 4) is 22.5 Å². The van der Waals surface area contributed by atoms with Crippen LogP contribution in [0.25, 0.3) is 54.1 Å². The predicted molar refractivity (Wildman–Crippen MR) is 272 cm³/mol. The number of halogens is 2. The molecule has 4 amide bonds. The van der Waals surface area contributed by atoms with Crippen molar-refractivity contribution in [3.63, 3.8) is 0 Å². The quantitative estimate of drug-likeness (QED) is 0.0671. The van der Waals surface area contributed by atoms with Crippen LogP contribution in [-0.2, 0) is 38.7 Å². The zero-order valence-corrected chi connectivity index (χ0v) is 46.3. The molecule has 2 saturated heterocycles. The van der Waals surface area contributed by atoms with Gasteiger partial charge in [0, 0.05) is 13.1 Å². The number of nitrogens with zero attached hydrogens (tertiary/aromatic N) is 10. The van der Waals surface area contributed by atoms with Crippen LogP contribution in [0.5, 0.6) is 0 Å². The van der Waals surface area contributed by atoms with Crippen LogP contribution in [-0.4, -0.2) is 152 Å². The van der Waals surface area contributed by atoms with Crippen molar-refractivity contribution >= 4 is 97.3 Å². The Kier molecular flexibility index (Phi) is 18.5. The normalized spacial score (nSPS) is 14.9. The summed E-state index contributed by atoms with van der Waals surface area (Å²) in [7, 11) is 4.20. The third-order valence-corrected chi connectivity index (χ3v) is 15.6. The molecule has 364 valence electrons. The zero-order chi connectivity index (χ0) is 49.9. The molecule has 4 N–H and O–H groups in total. The number of likely N-dealkylation sites (N-methyl/N-ethyl adjacent to an activating group) is 2. The summed E-state index contributed by atoms with van der Waals surface area (Å²) in [5.74, 6) is -1.12. The van der Waals surface area contributed by atoms with Gasteiger partial charge < -0.3 is 0 Å². The van der Waals surface area contributed by atoms with Crippen LogP contribution < -0.4 is 21.3 Å². The van der Waals surface area contributed by atoms with Gasteiger partial charge in [-0.05, 0) is 13.8 Å². The van der Waals surface area contributed by atoms with Gasteiger partial charge >= 0.3 is 411 Å².